The van der Waals surface area contributed by atoms with Crippen LogP contribution in [0.5, 0.6) is 5.75 Å². The van der Waals surface area contributed by atoms with Crippen molar-refractivity contribution in [2.45, 2.75) is 26.7 Å². The van der Waals surface area contributed by atoms with Gasteiger partial charge >= 0.3 is 5.97 Å². The fourth-order valence-electron chi connectivity index (χ4n) is 2.43. The Labute approximate surface area is 142 Å². The average molecular weight is 326 g/mol. The number of carbonyl (C=O) groups excluding carboxylic acids is 2. The van der Waals surface area contributed by atoms with Gasteiger partial charge in [-0.3, -0.25) is 9.59 Å². The number of Topliss-reactive ketones (excluding diaryl/α,β-unsaturated/α-hetero) is 1. The molecule has 126 valence electrons. The molecule has 2 aromatic carbocycles. The van der Waals surface area contributed by atoms with E-state index in [1.807, 2.05) is 43.3 Å². The number of ether oxygens (including phenoxy) is 2. The molecule has 0 heterocycles. The van der Waals surface area contributed by atoms with Gasteiger partial charge in [0.1, 0.15) is 5.75 Å². The molecule has 24 heavy (non-hydrogen) atoms. The molecule has 0 amide bonds. The first kappa shape index (κ1) is 17.7. The van der Waals surface area contributed by atoms with Crippen LogP contribution < -0.4 is 4.74 Å². The van der Waals surface area contributed by atoms with Crippen LogP contribution in [0, 0.1) is 6.92 Å². The zero-order valence-electron chi connectivity index (χ0n) is 14.3. The summed E-state index contributed by atoms with van der Waals surface area (Å²) in [5, 5.41) is 0. The first-order valence-electron chi connectivity index (χ1n) is 7.99. The Kier molecular flexibility index (Phi) is 6.13. The number of ketones is 1. The SMILES string of the molecule is CCOC(=O)CCC(=O)c1ccc(-c2ccc(C)cc2)cc1OC. The Balaban J connectivity index is 2.18. The predicted octanol–water partition coefficient (Wildman–Crippen LogP) is 4.20. The molecule has 4 heteroatoms. The normalized spacial score (nSPS) is 10.3. The third-order valence-corrected chi connectivity index (χ3v) is 3.75. The number of aryl methyl sites for hydroxylation is 1. The van der Waals surface area contributed by atoms with E-state index in [9.17, 15) is 9.59 Å². The summed E-state index contributed by atoms with van der Waals surface area (Å²) in [5.74, 6) is 0.0263. The molecule has 0 bridgehead atoms. The molecule has 2 aromatic rings. The Morgan fingerprint density at radius 1 is 0.958 bits per heavy atom. The van der Waals surface area contributed by atoms with Gasteiger partial charge in [-0.2, -0.15) is 0 Å². The van der Waals surface area contributed by atoms with Crippen LogP contribution in [0.25, 0.3) is 11.1 Å². The van der Waals surface area contributed by atoms with Crippen molar-refractivity contribution in [2.24, 2.45) is 0 Å². The molecule has 0 aliphatic rings. The van der Waals surface area contributed by atoms with Crippen molar-refractivity contribution in [2.75, 3.05) is 13.7 Å². The van der Waals surface area contributed by atoms with Gasteiger partial charge in [0.25, 0.3) is 0 Å². The van der Waals surface area contributed by atoms with Crippen LogP contribution in [0.4, 0.5) is 0 Å². The van der Waals surface area contributed by atoms with Crippen molar-refractivity contribution in [3.8, 4) is 16.9 Å². The summed E-state index contributed by atoms with van der Waals surface area (Å²) in [6, 6.07) is 13.6. The van der Waals surface area contributed by atoms with Crippen molar-refractivity contribution in [3.63, 3.8) is 0 Å². The molecule has 0 atom stereocenters. The first-order chi connectivity index (χ1) is 11.5. The van der Waals surface area contributed by atoms with Crippen LogP contribution in [0.15, 0.2) is 42.5 Å². The average Bonchev–Trinajstić information content (AvgIpc) is 2.60. The van der Waals surface area contributed by atoms with Crippen molar-refractivity contribution < 1.29 is 19.1 Å². The van der Waals surface area contributed by atoms with E-state index in [0.717, 1.165) is 11.1 Å². The summed E-state index contributed by atoms with van der Waals surface area (Å²) < 4.78 is 10.2. The van der Waals surface area contributed by atoms with Gasteiger partial charge in [0.15, 0.2) is 5.78 Å². The molecule has 0 aliphatic heterocycles. The summed E-state index contributed by atoms with van der Waals surface area (Å²) in [5.41, 5.74) is 3.72. The second kappa shape index (κ2) is 8.29. The van der Waals surface area contributed by atoms with E-state index in [1.54, 1.807) is 13.0 Å². The van der Waals surface area contributed by atoms with Gasteiger partial charge in [0, 0.05) is 6.42 Å². The lowest BCUT2D eigenvalue weighted by Crippen LogP contribution is -2.09. The second-order valence-electron chi connectivity index (χ2n) is 5.51. The monoisotopic (exact) mass is 326 g/mol. The molecule has 4 nitrogen and oxygen atoms in total. The number of rotatable bonds is 7. The first-order valence-corrected chi connectivity index (χ1v) is 7.99. The molecule has 0 N–H and O–H groups in total. The van der Waals surface area contributed by atoms with Crippen molar-refractivity contribution in [1.29, 1.82) is 0 Å². The highest BCUT2D eigenvalue weighted by atomic mass is 16.5. The third kappa shape index (κ3) is 4.44. The molecule has 2 rings (SSSR count). The van der Waals surface area contributed by atoms with E-state index < -0.39 is 0 Å². The van der Waals surface area contributed by atoms with Gasteiger partial charge in [-0.05, 0) is 37.1 Å². The predicted molar refractivity (Wildman–Crippen MR) is 93.4 cm³/mol. The molecule has 0 saturated heterocycles. The molecule has 0 spiro atoms. The van der Waals surface area contributed by atoms with Gasteiger partial charge in [-0.1, -0.05) is 35.9 Å². The second-order valence-corrected chi connectivity index (χ2v) is 5.51. The largest absolute Gasteiger partial charge is 0.496 e. The highest BCUT2D eigenvalue weighted by Crippen LogP contribution is 2.28. The van der Waals surface area contributed by atoms with Gasteiger partial charge in [0.05, 0.1) is 25.7 Å². The molecule has 0 unspecified atom stereocenters. The van der Waals surface area contributed by atoms with E-state index in [1.165, 1.54) is 12.7 Å². The fourth-order valence-corrected chi connectivity index (χ4v) is 2.43. The maximum absolute atomic E-state index is 12.3. The molecule has 0 radical (unpaired) electrons. The minimum absolute atomic E-state index is 0.0789. The van der Waals surface area contributed by atoms with E-state index in [-0.39, 0.29) is 24.6 Å². The van der Waals surface area contributed by atoms with Crippen LogP contribution in [0.1, 0.15) is 35.7 Å². The molecule has 0 aliphatic carbocycles. The van der Waals surface area contributed by atoms with Gasteiger partial charge in [-0.15, -0.1) is 0 Å². The Bertz CT molecular complexity index is 717. The molecule has 0 saturated carbocycles. The summed E-state index contributed by atoms with van der Waals surface area (Å²) in [6.45, 7) is 4.10. The standard InChI is InChI=1S/C20H22O4/c1-4-24-20(22)12-11-18(21)17-10-9-16(13-19(17)23-3)15-7-5-14(2)6-8-15/h5-10,13H,4,11-12H2,1-3H3. The van der Waals surface area contributed by atoms with Crippen LogP contribution in [-0.4, -0.2) is 25.5 Å². The van der Waals surface area contributed by atoms with E-state index in [4.69, 9.17) is 9.47 Å². The Hall–Kier alpha value is -2.62. The van der Waals surface area contributed by atoms with Gasteiger partial charge in [-0.25, -0.2) is 0 Å². The third-order valence-electron chi connectivity index (χ3n) is 3.75. The molecule has 0 fully saturated rings. The van der Waals surface area contributed by atoms with Crippen LogP contribution in [0.3, 0.4) is 0 Å². The number of hydrogen-bond donors (Lipinski definition) is 0. The van der Waals surface area contributed by atoms with Crippen molar-refractivity contribution >= 4 is 11.8 Å². The topological polar surface area (TPSA) is 52.6 Å². The zero-order valence-corrected chi connectivity index (χ0v) is 14.3. The van der Waals surface area contributed by atoms with Gasteiger partial charge in [0.2, 0.25) is 0 Å². The molecule has 0 aromatic heterocycles. The minimum atomic E-state index is -0.360. The van der Waals surface area contributed by atoms with E-state index in [2.05, 4.69) is 0 Å². The lowest BCUT2D eigenvalue weighted by Gasteiger charge is -2.10. The lowest BCUT2D eigenvalue weighted by atomic mass is 9.99. The van der Waals surface area contributed by atoms with Crippen LogP contribution in [-0.2, 0) is 9.53 Å². The summed E-state index contributed by atoms with van der Waals surface area (Å²) in [6.07, 6.45) is 0.189. The summed E-state index contributed by atoms with van der Waals surface area (Å²) in [7, 11) is 1.54. The van der Waals surface area contributed by atoms with Crippen LogP contribution in [0.2, 0.25) is 0 Å². The van der Waals surface area contributed by atoms with Crippen molar-refractivity contribution in [1.82, 2.24) is 0 Å². The zero-order chi connectivity index (χ0) is 17.5. The van der Waals surface area contributed by atoms with E-state index in [0.29, 0.717) is 17.9 Å². The molecular weight excluding hydrogens is 304 g/mol. The highest BCUT2D eigenvalue weighted by molar-refractivity contribution is 6.00. The lowest BCUT2D eigenvalue weighted by molar-refractivity contribution is -0.143. The Morgan fingerprint density at radius 3 is 2.25 bits per heavy atom. The molecular formula is C20H22O4. The number of methoxy groups -OCH3 is 1. The maximum Gasteiger partial charge on any atom is 0.306 e. The minimum Gasteiger partial charge on any atom is -0.496 e. The number of hydrogen-bond acceptors (Lipinski definition) is 4. The quantitative estimate of drug-likeness (QED) is 0.565. The summed E-state index contributed by atoms with van der Waals surface area (Å²) in [4.78, 5) is 23.7. The van der Waals surface area contributed by atoms with Crippen LogP contribution >= 0.6 is 0 Å². The fraction of sp³-hybridized carbons (Fsp3) is 0.300. The smallest absolute Gasteiger partial charge is 0.306 e. The highest BCUT2D eigenvalue weighted by Gasteiger charge is 2.15. The number of carbonyl (C=O) groups is 2. The van der Waals surface area contributed by atoms with Crippen molar-refractivity contribution in [3.05, 3.63) is 53.6 Å². The Morgan fingerprint density at radius 2 is 1.62 bits per heavy atom. The number of benzene rings is 2. The van der Waals surface area contributed by atoms with E-state index >= 15 is 0 Å². The summed E-state index contributed by atoms with van der Waals surface area (Å²) >= 11 is 0. The number of esters is 1. The van der Waals surface area contributed by atoms with Gasteiger partial charge < -0.3 is 9.47 Å². The maximum atomic E-state index is 12.3.